The van der Waals surface area contributed by atoms with Crippen LogP contribution in [0.2, 0.25) is 5.02 Å². The summed E-state index contributed by atoms with van der Waals surface area (Å²) in [6.45, 7) is 0.761. The molecule has 1 atom stereocenters. The van der Waals surface area contributed by atoms with Gasteiger partial charge in [-0.05, 0) is 37.5 Å². The van der Waals surface area contributed by atoms with Crippen LogP contribution < -0.4 is 15.5 Å². The van der Waals surface area contributed by atoms with Gasteiger partial charge >= 0.3 is 6.09 Å². The molecule has 9 nitrogen and oxygen atoms in total. The fraction of sp³-hybridized carbons (Fsp3) is 0.364. The van der Waals surface area contributed by atoms with Gasteiger partial charge in [-0.1, -0.05) is 27.5 Å². The molecule has 1 fully saturated rings. The predicted molar refractivity (Wildman–Crippen MR) is 128 cm³/mol. The van der Waals surface area contributed by atoms with Crippen molar-refractivity contribution >= 4 is 56.0 Å². The fourth-order valence-corrected chi connectivity index (χ4v) is 4.37. The van der Waals surface area contributed by atoms with Crippen molar-refractivity contribution in [3.8, 4) is 5.75 Å². The van der Waals surface area contributed by atoms with Gasteiger partial charge in [0.05, 0.1) is 48.4 Å². The Morgan fingerprint density at radius 1 is 1.38 bits per heavy atom. The maximum absolute atomic E-state index is 15.7. The maximum Gasteiger partial charge on any atom is 0.436 e. The predicted octanol–water partition coefficient (Wildman–Crippen LogP) is 4.92. The molecule has 1 unspecified atom stereocenters. The second kappa shape index (κ2) is 11.3. The fourth-order valence-electron chi connectivity index (χ4n) is 3.65. The summed E-state index contributed by atoms with van der Waals surface area (Å²) in [4.78, 5) is 21.3. The standard InChI is InChI=1S/C22H23BrClFN4O5/c23-13-4-5-16(15(24)9-13)27-21-18(34-22(31)28-33-8-6-30)10-17-20(19(21)25)26-12-29(17)11-14-3-1-2-7-32-14/h4-5,9-10,12,14,27,30H,1-3,6-8,11H2,(H,28,31). The highest BCUT2D eigenvalue weighted by Crippen LogP contribution is 2.38. The molecular weight excluding hydrogens is 535 g/mol. The first-order chi connectivity index (χ1) is 16.5. The summed E-state index contributed by atoms with van der Waals surface area (Å²) in [6, 6.07) is 6.56. The number of benzene rings is 2. The molecule has 3 N–H and O–H groups in total. The van der Waals surface area contributed by atoms with E-state index in [4.69, 9.17) is 31.0 Å². The second-order valence-corrected chi connectivity index (χ2v) is 8.95. The Hall–Kier alpha value is -2.44. The number of amides is 1. The molecule has 2 aromatic carbocycles. The summed E-state index contributed by atoms with van der Waals surface area (Å²) in [7, 11) is 0. The van der Waals surface area contributed by atoms with Crippen LogP contribution in [-0.4, -0.2) is 46.7 Å². The molecule has 1 aliphatic rings. The molecular formula is C22H23BrClFN4O5. The summed E-state index contributed by atoms with van der Waals surface area (Å²) < 4.78 is 29.3. The van der Waals surface area contributed by atoms with Gasteiger partial charge in [-0.2, -0.15) is 5.48 Å². The van der Waals surface area contributed by atoms with Crippen LogP contribution >= 0.6 is 27.5 Å². The maximum atomic E-state index is 15.7. The number of rotatable bonds is 8. The second-order valence-electron chi connectivity index (χ2n) is 7.63. The van der Waals surface area contributed by atoms with Crippen LogP contribution in [0.15, 0.2) is 35.1 Å². The summed E-state index contributed by atoms with van der Waals surface area (Å²) in [5.74, 6) is -0.806. The molecule has 0 spiro atoms. The third kappa shape index (κ3) is 5.78. The first-order valence-electron chi connectivity index (χ1n) is 10.7. The first-order valence-corrected chi connectivity index (χ1v) is 11.8. The molecule has 0 aliphatic carbocycles. The molecule has 0 bridgehead atoms. The number of anilines is 2. The largest absolute Gasteiger partial charge is 0.436 e. The van der Waals surface area contributed by atoms with Crippen molar-refractivity contribution in [2.45, 2.75) is 31.9 Å². The molecule has 3 aromatic rings. The van der Waals surface area contributed by atoms with Gasteiger partial charge in [-0.15, -0.1) is 0 Å². The summed E-state index contributed by atoms with van der Waals surface area (Å²) in [5.41, 5.74) is 2.87. The van der Waals surface area contributed by atoms with Gasteiger partial charge in [0.2, 0.25) is 0 Å². The third-order valence-corrected chi connectivity index (χ3v) is 6.04. The van der Waals surface area contributed by atoms with Crippen LogP contribution in [0.5, 0.6) is 5.75 Å². The zero-order valence-electron chi connectivity index (χ0n) is 18.0. The smallest absolute Gasteiger partial charge is 0.406 e. The highest BCUT2D eigenvalue weighted by Gasteiger charge is 2.23. The molecule has 1 aliphatic heterocycles. The number of nitrogens with zero attached hydrogens (tertiary/aromatic N) is 2. The molecule has 0 saturated carbocycles. The number of halogens is 3. The Morgan fingerprint density at radius 2 is 2.24 bits per heavy atom. The van der Waals surface area contributed by atoms with Gasteiger partial charge in [0.15, 0.2) is 11.6 Å². The Labute approximate surface area is 208 Å². The number of aliphatic hydroxyl groups excluding tert-OH is 1. The molecule has 34 heavy (non-hydrogen) atoms. The number of hydroxylamine groups is 1. The van der Waals surface area contributed by atoms with E-state index in [1.807, 2.05) is 5.48 Å². The minimum Gasteiger partial charge on any atom is -0.406 e. The number of hydrogen-bond acceptors (Lipinski definition) is 7. The van der Waals surface area contributed by atoms with Crippen molar-refractivity contribution in [3.05, 3.63) is 45.9 Å². The van der Waals surface area contributed by atoms with Gasteiger partial charge in [-0.25, -0.2) is 14.2 Å². The van der Waals surface area contributed by atoms with Crippen molar-refractivity contribution < 1.29 is 28.6 Å². The molecule has 1 aromatic heterocycles. The lowest BCUT2D eigenvalue weighted by Crippen LogP contribution is -2.28. The molecule has 0 radical (unpaired) electrons. The summed E-state index contributed by atoms with van der Waals surface area (Å²) in [6.07, 6.45) is 3.53. The van der Waals surface area contributed by atoms with E-state index in [1.54, 1.807) is 22.8 Å². The van der Waals surface area contributed by atoms with E-state index >= 15 is 4.39 Å². The highest BCUT2D eigenvalue weighted by molar-refractivity contribution is 9.10. The van der Waals surface area contributed by atoms with E-state index in [-0.39, 0.29) is 36.3 Å². The van der Waals surface area contributed by atoms with Crippen LogP contribution in [0.3, 0.4) is 0 Å². The van der Waals surface area contributed by atoms with Gasteiger partial charge in [-0.3, -0.25) is 4.84 Å². The molecule has 1 saturated heterocycles. The SMILES string of the molecule is O=C(NOCCO)Oc1cc2c(ncn2CC2CCCCO2)c(F)c1Nc1ccc(Br)cc1Cl. The van der Waals surface area contributed by atoms with E-state index in [0.29, 0.717) is 29.4 Å². The van der Waals surface area contributed by atoms with Crippen molar-refractivity contribution in [1.82, 2.24) is 15.0 Å². The normalized spacial score (nSPS) is 15.9. The minimum absolute atomic E-state index is 0.00636. The average Bonchev–Trinajstić information content (AvgIpc) is 3.21. The number of aliphatic hydroxyl groups is 1. The van der Waals surface area contributed by atoms with Crippen LogP contribution in [0.4, 0.5) is 20.6 Å². The van der Waals surface area contributed by atoms with Crippen molar-refractivity contribution in [3.63, 3.8) is 0 Å². The quantitative estimate of drug-likeness (QED) is 0.267. The van der Waals surface area contributed by atoms with Crippen LogP contribution in [0.25, 0.3) is 11.0 Å². The molecule has 182 valence electrons. The van der Waals surface area contributed by atoms with Crippen LogP contribution in [0, 0.1) is 5.82 Å². The van der Waals surface area contributed by atoms with Crippen molar-refractivity contribution in [1.29, 1.82) is 0 Å². The first kappa shape index (κ1) is 24.7. The number of nitrogens with one attached hydrogen (secondary N) is 2. The summed E-state index contributed by atoms with van der Waals surface area (Å²) in [5, 5.41) is 12.0. The minimum atomic E-state index is -0.987. The lowest BCUT2D eigenvalue weighted by Gasteiger charge is -2.23. The van der Waals surface area contributed by atoms with Gasteiger partial charge in [0.25, 0.3) is 0 Å². The molecule has 12 heteroatoms. The average molecular weight is 558 g/mol. The monoisotopic (exact) mass is 556 g/mol. The number of fused-ring (bicyclic) bond motifs is 1. The number of ether oxygens (including phenoxy) is 2. The third-order valence-electron chi connectivity index (χ3n) is 5.24. The van der Waals surface area contributed by atoms with Gasteiger partial charge in [0.1, 0.15) is 11.2 Å². The Kier molecular flexibility index (Phi) is 8.22. The molecule has 2 heterocycles. The summed E-state index contributed by atoms with van der Waals surface area (Å²) >= 11 is 9.62. The zero-order valence-corrected chi connectivity index (χ0v) is 20.4. The molecule has 1 amide bonds. The number of aromatic nitrogens is 2. The van der Waals surface area contributed by atoms with Crippen molar-refractivity contribution in [2.75, 3.05) is 25.1 Å². The Morgan fingerprint density at radius 3 is 2.97 bits per heavy atom. The van der Waals surface area contributed by atoms with Gasteiger partial charge in [0, 0.05) is 17.1 Å². The number of imidazole rings is 1. The van der Waals surface area contributed by atoms with E-state index in [0.717, 1.165) is 23.7 Å². The van der Waals surface area contributed by atoms with Crippen LogP contribution in [-0.2, 0) is 16.1 Å². The zero-order chi connectivity index (χ0) is 24.1. The van der Waals surface area contributed by atoms with E-state index in [9.17, 15) is 4.79 Å². The Balaban J connectivity index is 1.70. The van der Waals surface area contributed by atoms with E-state index in [2.05, 4.69) is 26.2 Å². The van der Waals surface area contributed by atoms with E-state index in [1.165, 1.54) is 12.4 Å². The van der Waals surface area contributed by atoms with E-state index < -0.39 is 11.9 Å². The van der Waals surface area contributed by atoms with Gasteiger partial charge < -0.3 is 24.5 Å². The topological polar surface area (TPSA) is 107 Å². The lowest BCUT2D eigenvalue weighted by molar-refractivity contribution is 0.00659. The number of hydrogen-bond donors (Lipinski definition) is 3. The lowest BCUT2D eigenvalue weighted by atomic mass is 10.1. The molecule has 4 rings (SSSR count). The highest BCUT2D eigenvalue weighted by atomic mass is 79.9. The number of carbonyl (C=O) groups excluding carboxylic acids is 1. The van der Waals surface area contributed by atoms with Crippen molar-refractivity contribution in [2.24, 2.45) is 0 Å². The Bertz CT molecular complexity index is 1170. The number of carbonyl (C=O) groups is 1. The van der Waals surface area contributed by atoms with Crippen LogP contribution in [0.1, 0.15) is 19.3 Å².